The van der Waals surface area contributed by atoms with Crippen LogP contribution in [0.2, 0.25) is 0 Å². The van der Waals surface area contributed by atoms with Gasteiger partial charge in [-0.15, -0.1) is 0 Å². The second-order valence-corrected chi connectivity index (χ2v) is 9.20. The largest absolute Gasteiger partial charge is 0.369 e. The molecule has 0 spiro atoms. The van der Waals surface area contributed by atoms with Crippen molar-refractivity contribution in [2.24, 2.45) is 4.99 Å². The molecule has 4 aliphatic rings. The average Bonchev–Trinajstić information content (AvgIpc) is 3.34. The average molecular weight is 468 g/mol. The number of fused-ring (bicyclic) bond motifs is 3. The number of amides is 1. The lowest BCUT2D eigenvalue weighted by atomic mass is 9.97. The van der Waals surface area contributed by atoms with Crippen molar-refractivity contribution in [2.75, 3.05) is 25.0 Å². The fourth-order valence-electron chi connectivity index (χ4n) is 5.07. The second kappa shape index (κ2) is 8.99. The number of hydrogen-bond donors (Lipinski definition) is 1. The van der Waals surface area contributed by atoms with E-state index in [1.54, 1.807) is 6.92 Å². The summed E-state index contributed by atoms with van der Waals surface area (Å²) in [5.74, 6) is 2.71. The molecule has 4 aliphatic heterocycles. The van der Waals surface area contributed by atoms with Gasteiger partial charge >= 0.3 is 0 Å². The van der Waals surface area contributed by atoms with E-state index in [9.17, 15) is 10.1 Å². The molecule has 1 unspecified atom stereocenters. The lowest BCUT2D eigenvalue weighted by Gasteiger charge is -2.27. The maximum absolute atomic E-state index is 11.8. The number of nitrogens with one attached hydrogen (secondary N) is 1. The first-order valence-corrected chi connectivity index (χ1v) is 12.0. The van der Waals surface area contributed by atoms with Crippen molar-refractivity contribution in [3.05, 3.63) is 63.9 Å². The molecular formula is C27H29N7O. The Labute approximate surface area is 205 Å². The summed E-state index contributed by atoms with van der Waals surface area (Å²) < 4.78 is 2.22. The topological polar surface area (TPSA) is 99.2 Å². The summed E-state index contributed by atoms with van der Waals surface area (Å²) in [6.07, 6.45) is 2.95. The van der Waals surface area contributed by atoms with E-state index < -0.39 is 0 Å². The summed E-state index contributed by atoms with van der Waals surface area (Å²) in [4.78, 5) is 28.2. The minimum atomic E-state index is -0.168. The zero-order valence-corrected chi connectivity index (χ0v) is 20.6. The number of aromatic nitrogens is 3. The Kier molecular flexibility index (Phi) is 5.85. The highest BCUT2D eigenvalue weighted by molar-refractivity contribution is 5.82. The molecule has 0 fully saturated rings. The lowest BCUT2D eigenvalue weighted by molar-refractivity contribution is -0.128. The van der Waals surface area contributed by atoms with E-state index in [0.29, 0.717) is 30.0 Å². The van der Waals surface area contributed by atoms with Gasteiger partial charge in [-0.1, -0.05) is 18.2 Å². The molecule has 0 radical (unpaired) electrons. The van der Waals surface area contributed by atoms with Gasteiger partial charge in [0.25, 0.3) is 0 Å². The van der Waals surface area contributed by atoms with Gasteiger partial charge in [0.1, 0.15) is 17.5 Å². The Balaban J connectivity index is 1.67. The smallest absolute Gasteiger partial charge is 0.219 e. The van der Waals surface area contributed by atoms with E-state index in [1.165, 1.54) is 5.57 Å². The number of rotatable bonds is 3. The number of pyridine rings is 1. The molecule has 1 aromatic carbocycles. The number of anilines is 1. The third-order valence-electron chi connectivity index (χ3n) is 6.98. The van der Waals surface area contributed by atoms with E-state index in [-0.39, 0.29) is 11.9 Å². The predicted octanol–water partition coefficient (Wildman–Crippen LogP) is 3.59. The first-order chi connectivity index (χ1) is 16.9. The van der Waals surface area contributed by atoms with Crippen LogP contribution in [-0.4, -0.2) is 45.0 Å². The zero-order chi connectivity index (χ0) is 24.7. The lowest BCUT2D eigenvalue weighted by Crippen LogP contribution is -2.32. The second-order valence-electron chi connectivity index (χ2n) is 9.20. The minimum absolute atomic E-state index is 0.103. The number of aryl methyl sites for hydroxylation is 1. The van der Waals surface area contributed by atoms with Gasteiger partial charge in [-0.25, -0.2) is 9.97 Å². The van der Waals surface area contributed by atoms with Gasteiger partial charge in [-0.2, -0.15) is 5.26 Å². The number of carbonyl (C=O) groups excluding carboxylic acids is 1. The highest BCUT2D eigenvalue weighted by Gasteiger charge is 2.26. The van der Waals surface area contributed by atoms with Crippen molar-refractivity contribution >= 4 is 17.3 Å². The molecule has 0 aliphatic carbocycles. The van der Waals surface area contributed by atoms with E-state index >= 15 is 0 Å². The third-order valence-corrected chi connectivity index (χ3v) is 6.98. The van der Waals surface area contributed by atoms with Crippen molar-refractivity contribution < 1.29 is 4.79 Å². The molecule has 1 amide bonds. The van der Waals surface area contributed by atoms with Crippen LogP contribution in [0.15, 0.2) is 35.3 Å². The van der Waals surface area contributed by atoms with Crippen LogP contribution in [0.1, 0.15) is 54.4 Å². The molecule has 0 saturated carbocycles. The normalized spacial score (nSPS) is 16.5. The molecule has 0 aromatic heterocycles. The van der Waals surface area contributed by atoms with Gasteiger partial charge < -0.3 is 14.8 Å². The van der Waals surface area contributed by atoms with Gasteiger partial charge in [-0.05, 0) is 56.0 Å². The van der Waals surface area contributed by atoms with E-state index in [1.807, 2.05) is 43.9 Å². The summed E-state index contributed by atoms with van der Waals surface area (Å²) in [5.41, 5.74) is 6.55. The summed E-state index contributed by atoms with van der Waals surface area (Å²) in [5, 5.41) is 13.0. The maximum Gasteiger partial charge on any atom is 0.219 e. The van der Waals surface area contributed by atoms with Crippen LogP contribution >= 0.6 is 0 Å². The van der Waals surface area contributed by atoms with Crippen molar-refractivity contribution in [1.82, 2.24) is 19.4 Å². The molecule has 1 N–H and O–H groups in total. The van der Waals surface area contributed by atoms with Crippen LogP contribution in [0.5, 0.6) is 0 Å². The Bertz CT molecular complexity index is 1440. The van der Waals surface area contributed by atoms with Crippen molar-refractivity contribution in [3.8, 4) is 17.5 Å². The monoisotopic (exact) mass is 467 g/mol. The molecule has 35 heavy (non-hydrogen) atoms. The maximum atomic E-state index is 11.8. The van der Waals surface area contributed by atoms with E-state index in [0.717, 1.165) is 53.4 Å². The predicted molar refractivity (Wildman–Crippen MR) is 135 cm³/mol. The molecule has 1 aromatic rings. The van der Waals surface area contributed by atoms with E-state index in [2.05, 4.69) is 28.1 Å². The fraction of sp³-hybridized carbons (Fsp3) is 0.370. The Hall–Kier alpha value is -3.99. The number of nitrogens with zero attached hydrogens (tertiary/aromatic N) is 6. The number of benzene rings is 1. The molecule has 178 valence electrons. The van der Waals surface area contributed by atoms with Gasteiger partial charge in [0.05, 0.1) is 23.2 Å². The molecular weight excluding hydrogens is 438 g/mol. The summed E-state index contributed by atoms with van der Waals surface area (Å²) in [6.45, 7) is 10.5. The molecule has 5 rings (SSSR count). The molecule has 4 heterocycles. The van der Waals surface area contributed by atoms with Crippen LogP contribution in [-0.2, 0) is 11.3 Å². The van der Waals surface area contributed by atoms with Gasteiger partial charge in [0, 0.05) is 38.7 Å². The quantitative estimate of drug-likeness (QED) is 0.635. The number of nitriles is 1. The molecule has 8 heteroatoms. The highest BCUT2D eigenvalue weighted by Crippen LogP contribution is 2.36. The van der Waals surface area contributed by atoms with Crippen molar-refractivity contribution in [2.45, 2.75) is 46.7 Å². The van der Waals surface area contributed by atoms with Crippen LogP contribution in [0.3, 0.4) is 0 Å². The zero-order valence-electron chi connectivity index (χ0n) is 20.6. The third kappa shape index (κ3) is 4.08. The van der Waals surface area contributed by atoms with Crippen molar-refractivity contribution in [3.63, 3.8) is 0 Å². The fourth-order valence-corrected chi connectivity index (χ4v) is 5.07. The van der Waals surface area contributed by atoms with Crippen molar-refractivity contribution in [1.29, 1.82) is 5.26 Å². The Morgan fingerprint density at radius 1 is 1.23 bits per heavy atom. The first kappa shape index (κ1) is 22.8. The van der Waals surface area contributed by atoms with Crippen LogP contribution in [0.4, 0.5) is 5.82 Å². The molecule has 1 atom stereocenters. The molecule has 8 nitrogen and oxygen atoms in total. The van der Waals surface area contributed by atoms with Crippen LogP contribution in [0, 0.1) is 25.2 Å². The van der Waals surface area contributed by atoms with E-state index in [4.69, 9.17) is 15.0 Å². The standard InChI is InChI=1S/C27H29N7O/c1-16-21(15-28)6-5-7-22(16)17(2)30-25-24-14-23(20-8-11-33(12-9-20)19(4)35)26-29-10-13-34(26)27(24)32-18(3)31-25/h5-8,14,17,29H,9-13H2,1-4H3. The molecule has 0 bridgehead atoms. The Morgan fingerprint density at radius 2 is 2.06 bits per heavy atom. The minimum Gasteiger partial charge on any atom is -0.369 e. The number of hydrogen-bond acceptors (Lipinski definition) is 6. The Morgan fingerprint density at radius 3 is 2.77 bits per heavy atom. The highest BCUT2D eigenvalue weighted by atomic mass is 16.2. The SMILES string of the molecule is CC(=O)N1CC=C(c2cc3c(=NC(C)c4cccc(C#N)c4C)nc(C)nc-3n3c2NCC3)CC1. The summed E-state index contributed by atoms with van der Waals surface area (Å²) in [6, 6.07) is 10.0. The first-order valence-electron chi connectivity index (χ1n) is 12.0. The summed E-state index contributed by atoms with van der Waals surface area (Å²) >= 11 is 0. The van der Waals surface area contributed by atoms with Crippen LogP contribution in [0.25, 0.3) is 17.0 Å². The molecule has 0 saturated heterocycles. The van der Waals surface area contributed by atoms with Gasteiger partial charge in [-0.3, -0.25) is 9.79 Å². The van der Waals surface area contributed by atoms with Gasteiger partial charge in [0.2, 0.25) is 5.91 Å². The van der Waals surface area contributed by atoms with Gasteiger partial charge in [0.15, 0.2) is 5.49 Å². The van der Waals surface area contributed by atoms with Crippen LogP contribution < -0.4 is 10.8 Å². The number of carbonyl (C=O) groups is 1. The summed E-state index contributed by atoms with van der Waals surface area (Å²) in [7, 11) is 0.